The highest BCUT2D eigenvalue weighted by Crippen LogP contribution is 2.23. The summed E-state index contributed by atoms with van der Waals surface area (Å²) in [5.74, 6) is 1.14. The molecule has 1 aromatic heterocycles. The Morgan fingerprint density at radius 1 is 1.42 bits per heavy atom. The lowest BCUT2D eigenvalue weighted by molar-refractivity contribution is 0.0943. The van der Waals surface area contributed by atoms with Crippen molar-refractivity contribution in [1.82, 2.24) is 10.3 Å². The van der Waals surface area contributed by atoms with E-state index in [1.807, 2.05) is 0 Å². The van der Waals surface area contributed by atoms with Gasteiger partial charge in [0.15, 0.2) is 0 Å². The first-order valence-corrected chi connectivity index (χ1v) is 7.20. The summed E-state index contributed by atoms with van der Waals surface area (Å²) in [6, 6.07) is 1.68. The molecule has 1 aliphatic rings. The van der Waals surface area contributed by atoms with Gasteiger partial charge in [0.25, 0.3) is 5.91 Å². The number of carbonyl (C=O) groups is 1. The molecule has 1 heterocycles. The zero-order valence-corrected chi connectivity index (χ0v) is 12.0. The number of nitrogens with zero attached hydrogens (tertiary/aromatic N) is 1. The van der Waals surface area contributed by atoms with Crippen molar-refractivity contribution in [3.05, 3.63) is 22.8 Å². The van der Waals surface area contributed by atoms with Crippen LogP contribution >= 0.6 is 11.6 Å². The topological polar surface area (TPSA) is 54.0 Å². The van der Waals surface area contributed by atoms with Gasteiger partial charge in [0.1, 0.15) is 5.82 Å². The van der Waals surface area contributed by atoms with Crippen molar-refractivity contribution >= 4 is 23.3 Å². The van der Waals surface area contributed by atoms with Crippen LogP contribution in [0.15, 0.2) is 12.3 Å². The van der Waals surface area contributed by atoms with Crippen LogP contribution in [0.4, 0.5) is 5.82 Å². The molecule has 0 saturated heterocycles. The summed E-state index contributed by atoms with van der Waals surface area (Å²) >= 11 is 6.02. The van der Waals surface area contributed by atoms with Crippen LogP contribution in [-0.4, -0.2) is 24.5 Å². The van der Waals surface area contributed by atoms with Crippen molar-refractivity contribution in [2.24, 2.45) is 5.92 Å². The monoisotopic (exact) mass is 281 g/mol. The third-order valence-electron chi connectivity index (χ3n) is 3.63. The second-order valence-corrected chi connectivity index (χ2v) is 5.42. The number of hydrogen-bond acceptors (Lipinski definition) is 3. The number of pyridine rings is 1. The Hall–Kier alpha value is -1.29. The van der Waals surface area contributed by atoms with Gasteiger partial charge in [-0.25, -0.2) is 4.98 Å². The maximum atomic E-state index is 12.1. The van der Waals surface area contributed by atoms with Crippen LogP contribution in [0.5, 0.6) is 0 Å². The standard InChI is InChI=1S/C14H20ClN3O/c1-16-13-7-11(12(15)9-17-13)14(19)18-8-10-5-3-2-4-6-10/h7,9-10H,2-6,8H2,1H3,(H,16,17)(H,18,19). The molecule has 1 amide bonds. The normalized spacial score (nSPS) is 16.1. The average Bonchev–Trinajstić information content (AvgIpc) is 2.46. The number of amides is 1. The molecule has 0 atom stereocenters. The summed E-state index contributed by atoms with van der Waals surface area (Å²) in [5, 5.41) is 6.28. The van der Waals surface area contributed by atoms with Crippen LogP contribution in [0.1, 0.15) is 42.5 Å². The number of aromatic nitrogens is 1. The Balaban J connectivity index is 1.95. The van der Waals surface area contributed by atoms with Gasteiger partial charge in [0.05, 0.1) is 10.6 Å². The highest BCUT2D eigenvalue weighted by Gasteiger charge is 2.16. The predicted molar refractivity (Wildman–Crippen MR) is 77.7 cm³/mol. The maximum absolute atomic E-state index is 12.1. The van der Waals surface area contributed by atoms with Crippen molar-refractivity contribution in [2.75, 3.05) is 18.9 Å². The first-order valence-electron chi connectivity index (χ1n) is 6.82. The van der Waals surface area contributed by atoms with Crippen molar-refractivity contribution in [3.8, 4) is 0 Å². The van der Waals surface area contributed by atoms with Gasteiger partial charge < -0.3 is 10.6 Å². The van der Waals surface area contributed by atoms with Crippen LogP contribution in [0, 0.1) is 5.92 Å². The third kappa shape index (κ3) is 3.83. The van der Waals surface area contributed by atoms with E-state index in [-0.39, 0.29) is 5.91 Å². The van der Waals surface area contributed by atoms with Gasteiger partial charge in [-0.1, -0.05) is 30.9 Å². The van der Waals surface area contributed by atoms with Crippen LogP contribution in [0.2, 0.25) is 5.02 Å². The van der Waals surface area contributed by atoms with Gasteiger partial charge in [-0.15, -0.1) is 0 Å². The van der Waals surface area contributed by atoms with E-state index in [2.05, 4.69) is 15.6 Å². The van der Waals surface area contributed by atoms with Gasteiger partial charge >= 0.3 is 0 Å². The van der Waals surface area contributed by atoms with Crippen LogP contribution in [0.25, 0.3) is 0 Å². The van der Waals surface area contributed by atoms with E-state index < -0.39 is 0 Å². The molecule has 5 heteroatoms. The maximum Gasteiger partial charge on any atom is 0.252 e. The number of carbonyl (C=O) groups excluding carboxylic acids is 1. The molecule has 19 heavy (non-hydrogen) atoms. The SMILES string of the molecule is CNc1cc(C(=O)NCC2CCCCC2)c(Cl)cn1. The lowest BCUT2D eigenvalue weighted by atomic mass is 9.89. The van der Waals surface area contributed by atoms with Crippen molar-refractivity contribution in [1.29, 1.82) is 0 Å². The Labute approximate surface area is 118 Å². The molecule has 0 radical (unpaired) electrons. The molecule has 104 valence electrons. The number of anilines is 1. The molecule has 2 N–H and O–H groups in total. The van der Waals surface area contributed by atoms with E-state index in [0.717, 1.165) is 6.54 Å². The summed E-state index contributed by atoms with van der Waals surface area (Å²) in [7, 11) is 1.76. The van der Waals surface area contributed by atoms with Crippen LogP contribution in [0.3, 0.4) is 0 Å². The summed E-state index contributed by atoms with van der Waals surface area (Å²) in [4.78, 5) is 16.2. The van der Waals surface area contributed by atoms with Crippen molar-refractivity contribution in [2.45, 2.75) is 32.1 Å². The van der Waals surface area contributed by atoms with Crippen molar-refractivity contribution in [3.63, 3.8) is 0 Å². The Morgan fingerprint density at radius 3 is 2.84 bits per heavy atom. The van der Waals surface area contributed by atoms with Crippen LogP contribution < -0.4 is 10.6 Å². The van der Waals surface area contributed by atoms with Crippen LogP contribution in [-0.2, 0) is 0 Å². The van der Waals surface area contributed by atoms with E-state index >= 15 is 0 Å². The van der Waals surface area contributed by atoms with E-state index in [1.165, 1.54) is 38.3 Å². The molecule has 0 aromatic carbocycles. The zero-order valence-electron chi connectivity index (χ0n) is 11.2. The molecule has 0 bridgehead atoms. The fourth-order valence-electron chi connectivity index (χ4n) is 2.47. The number of halogens is 1. The fraction of sp³-hybridized carbons (Fsp3) is 0.571. The minimum atomic E-state index is -0.116. The largest absolute Gasteiger partial charge is 0.373 e. The lowest BCUT2D eigenvalue weighted by Crippen LogP contribution is -2.30. The zero-order chi connectivity index (χ0) is 13.7. The van der Waals surface area contributed by atoms with Gasteiger partial charge in [-0.2, -0.15) is 0 Å². The Bertz CT molecular complexity index is 444. The van der Waals surface area contributed by atoms with Gasteiger partial charge in [0.2, 0.25) is 0 Å². The highest BCUT2D eigenvalue weighted by molar-refractivity contribution is 6.33. The lowest BCUT2D eigenvalue weighted by Gasteiger charge is -2.21. The van der Waals surface area contributed by atoms with E-state index in [4.69, 9.17) is 11.6 Å². The molecule has 2 rings (SSSR count). The molecule has 1 aliphatic carbocycles. The van der Waals surface area contributed by atoms with E-state index in [9.17, 15) is 4.79 Å². The molecular formula is C14H20ClN3O. The number of nitrogens with one attached hydrogen (secondary N) is 2. The second-order valence-electron chi connectivity index (χ2n) is 5.01. The Kier molecular flexibility index (Phi) is 5.02. The van der Waals surface area contributed by atoms with E-state index in [1.54, 1.807) is 13.1 Å². The summed E-state index contributed by atoms with van der Waals surface area (Å²) in [6.45, 7) is 0.742. The molecular weight excluding hydrogens is 262 g/mol. The summed E-state index contributed by atoms with van der Waals surface area (Å²) in [5.41, 5.74) is 0.483. The smallest absolute Gasteiger partial charge is 0.252 e. The predicted octanol–water partition coefficient (Wildman–Crippen LogP) is 3.09. The minimum Gasteiger partial charge on any atom is -0.373 e. The van der Waals surface area contributed by atoms with Gasteiger partial charge in [-0.05, 0) is 24.8 Å². The first-order chi connectivity index (χ1) is 9.20. The fourth-order valence-corrected chi connectivity index (χ4v) is 2.66. The molecule has 4 nitrogen and oxygen atoms in total. The van der Waals surface area contributed by atoms with Gasteiger partial charge in [0, 0.05) is 19.8 Å². The third-order valence-corrected chi connectivity index (χ3v) is 3.93. The first kappa shape index (κ1) is 14.1. The molecule has 0 aliphatic heterocycles. The molecule has 1 saturated carbocycles. The van der Waals surface area contributed by atoms with E-state index in [0.29, 0.717) is 22.3 Å². The molecule has 1 aromatic rings. The van der Waals surface area contributed by atoms with Gasteiger partial charge in [-0.3, -0.25) is 4.79 Å². The summed E-state index contributed by atoms with van der Waals surface area (Å²) in [6.07, 6.45) is 7.81. The Morgan fingerprint density at radius 2 is 2.16 bits per heavy atom. The molecule has 0 unspecified atom stereocenters. The average molecular weight is 282 g/mol. The highest BCUT2D eigenvalue weighted by atomic mass is 35.5. The summed E-state index contributed by atoms with van der Waals surface area (Å²) < 4.78 is 0. The molecule has 0 spiro atoms. The minimum absolute atomic E-state index is 0.116. The quantitative estimate of drug-likeness (QED) is 0.892. The van der Waals surface area contributed by atoms with Crippen molar-refractivity contribution < 1.29 is 4.79 Å². The number of hydrogen-bond donors (Lipinski definition) is 2. The second kappa shape index (κ2) is 6.75. The molecule has 1 fully saturated rings. The number of rotatable bonds is 4.